The molecular weight excluding hydrogens is 336 g/mol. The number of rotatable bonds is 3. The Labute approximate surface area is 133 Å². The Hall–Kier alpha value is -1.30. The predicted molar refractivity (Wildman–Crippen MR) is 83.4 cm³/mol. The second-order valence-corrected chi connectivity index (χ2v) is 7.04. The molecule has 1 saturated heterocycles. The van der Waals surface area contributed by atoms with Gasteiger partial charge in [-0.05, 0) is 55.6 Å². The molecule has 1 aliphatic heterocycles. The van der Waals surface area contributed by atoms with Gasteiger partial charge in [0.25, 0.3) is 0 Å². The fourth-order valence-corrected chi connectivity index (χ4v) is 2.58. The highest BCUT2D eigenvalue weighted by molar-refractivity contribution is 9.10. The molecule has 0 N–H and O–H groups in total. The van der Waals surface area contributed by atoms with Crippen molar-refractivity contribution in [1.29, 1.82) is 0 Å². The van der Waals surface area contributed by atoms with Gasteiger partial charge in [-0.15, -0.1) is 0 Å². The van der Waals surface area contributed by atoms with Gasteiger partial charge in [0.2, 0.25) is 0 Å². The third kappa shape index (κ3) is 4.88. The Bertz CT molecular complexity index is 502. The number of hydrogen-bond donors (Lipinski definition) is 0. The van der Waals surface area contributed by atoms with E-state index in [1.165, 1.54) is 0 Å². The van der Waals surface area contributed by atoms with E-state index in [1.54, 1.807) is 17.3 Å². The van der Waals surface area contributed by atoms with Gasteiger partial charge in [-0.2, -0.15) is 0 Å². The van der Waals surface area contributed by atoms with Gasteiger partial charge >= 0.3 is 6.09 Å². The Kier molecular flexibility index (Phi) is 5.08. The fourth-order valence-electron chi connectivity index (χ4n) is 2.23. The molecule has 1 aliphatic rings. The molecule has 1 unspecified atom stereocenters. The Morgan fingerprint density at radius 1 is 1.48 bits per heavy atom. The quantitative estimate of drug-likeness (QED) is 0.829. The van der Waals surface area contributed by atoms with E-state index in [0.29, 0.717) is 12.4 Å². The molecule has 21 heavy (non-hydrogen) atoms. The molecule has 0 saturated carbocycles. The molecule has 2 rings (SSSR count). The maximum absolute atomic E-state index is 12.2. The van der Waals surface area contributed by atoms with Crippen LogP contribution in [0.15, 0.2) is 22.9 Å². The maximum Gasteiger partial charge on any atom is 0.410 e. The summed E-state index contributed by atoms with van der Waals surface area (Å²) >= 11 is 3.36. The Balaban J connectivity index is 1.91. The molecule has 5 nitrogen and oxygen atoms in total. The summed E-state index contributed by atoms with van der Waals surface area (Å²) in [6, 6.07) is 1.92. The second-order valence-electron chi connectivity index (χ2n) is 6.12. The number of pyridine rings is 1. The van der Waals surface area contributed by atoms with Crippen LogP contribution in [-0.4, -0.2) is 40.8 Å². The van der Waals surface area contributed by atoms with Crippen molar-refractivity contribution in [3.63, 3.8) is 0 Å². The summed E-state index contributed by atoms with van der Waals surface area (Å²) in [6.07, 6.45) is 5.01. The van der Waals surface area contributed by atoms with Gasteiger partial charge in [-0.25, -0.2) is 4.79 Å². The summed E-state index contributed by atoms with van der Waals surface area (Å²) in [4.78, 5) is 18.0. The summed E-state index contributed by atoms with van der Waals surface area (Å²) in [5.41, 5.74) is -0.473. The molecule has 6 heteroatoms. The Morgan fingerprint density at radius 3 is 2.90 bits per heavy atom. The summed E-state index contributed by atoms with van der Waals surface area (Å²) in [6.45, 7) is 6.80. The molecule has 116 valence electrons. The van der Waals surface area contributed by atoms with Gasteiger partial charge in [0.1, 0.15) is 18.0 Å². The van der Waals surface area contributed by atoms with E-state index in [1.807, 2.05) is 26.8 Å². The number of carbonyl (C=O) groups excluding carboxylic acids is 1. The maximum atomic E-state index is 12.2. The molecule has 0 radical (unpaired) electrons. The van der Waals surface area contributed by atoms with Crippen LogP contribution in [0.1, 0.15) is 33.6 Å². The predicted octanol–water partition coefficient (Wildman–Crippen LogP) is 3.62. The number of nitrogens with zero attached hydrogens (tertiary/aromatic N) is 2. The van der Waals surface area contributed by atoms with Gasteiger partial charge in [0.05, 0.1) is 12.2 Å². The molecule has 1 atom stereocenters. The van der Waals surface area contributed by atoms with E-state index in [9.17, 15) is 4.79 Å². The highest BCUT2D eigenvalue weighted by Gasteiger charge is 2.32. The fraction of sp³-hybridized carbons (Fsp3) is 0.600. The topological polar surface area (TPSA) is 51.7 Å². The van der Waals surface area contributed by atoms with Crippen LogP contribution in [0.4, 0.5) is 4.79 Å². The largest absolute Gasteiger partial charge is 0.490 e. The van der Waals surface area contributed by atoms with Gasteiger partial charge < -0.3 is 14.4 Å². The van der Waals surface area contributed by atoms with E-state index in [0.717, 1.165) is 23.9 Å². The second kappa shape index (κ2) is 6.64. The normalized spacial score (nSPS) is 18.7. The van der Waals surface area contributed by atoms with Gasteiger partial charge in [-0.1, -0.05) is 0 Å². The van der Waals surface area contributed by atoms with Crippen molar-refractivity contribution in [2.24, 2.45) is 0 Å². The number of carbonyl (C=O) groups is 1. The zero-order chi connectivity index (χ0) is 15.5. The number of hydrogen-bond acceptors (Lipinski definition) is 4. The average Bonchev–Trinajstić information content (AvgIpc) is 2.83. The van der Waals surface area contributed by atoms with Crippen molar-refractivity contribution in [2.45, 2.75) is 45.3 Å². The van der Waals surface area contributed by atoms with Crippen LogP contribution < -0.4 is 4.74 Å². The van der Waals surface area contributed by atoms with Crippen LogP contribution in [-0.2, 0) is 4.74 Å². The van der Waals surface area contributed by atoms with Crippen LogP contribution >= 0.6 is 15.9 Å². The monoisotopic (exact) mass is 356 g/mol. The summed E-state index contributed by atoms with van der Waals surface area (Å²) < 4.78 is 12.0. The molecular formula is C15H21BrN2O3. The van der Waals surface area contributed by atoms with Crippen LogP contribution in [0.25, 0.3) is 0 Å². The lowest BCUT2D eigenvalue weighted by Crippen LogP contribution is -2.42. The number of likely N-dealkylation sites (tertiary alicyclic amines) is 1. The molecule has 1 fully saturated rings. The molecule has 1 amide bonds. The lowest BCUT2D eigenvalue weighted by Gasteiger charge is -2.28. The van der Waals surface area contributed by atoms with E-state index in [2.05, 4.69) is 20.9 Å². The standard InChI is InChI=1S/C15H21BrN2O3/c1-15(2,3)21-14(19)18-6-4-5-12(18)10-20-13-7-11(16)8-17-9-13/h7-9,12H,4-6,10H2,1-3H3. The number of ether oxygens (including phenoxy) is 2. The molecule has 1 aromatic heterocycles. The van der Waals surface area contributed by atoms with Gasteiger partial charge in [0, 0.05) is 17.2 Å². The van der Waals surface area contributed by atoms with Crippen LogP contribution in [0.5, 0.6) is 5.75 Å². The van der Waals surface area contributed by atoms with Gasteiger partial charge in [0.15, 0.2) is 0 Å². The minimum atomic E-state index is -0.473. The van der Waals surface area contributed by atoms with E-state index in [-0.39, 0.29) is 12.1 Å². The molecule has 0 spiro atoms. The summed E-state index contributed by atoms with van der Waals surface area (Å²) in [5, 5.41) is 0. The molecule has 0 bridgehead atoms. The number of amides is 1. The minimum absolute atomic E-state index is 0.0545. The van der Waals surface area contributed by atoms with Crippen LogP contribution in [0.2, 0.25) is 0 Å². The van der Waals surface area contributed by atoms with Gasteiger partial charge in [-0.3, -0.25) is 4.98 Å². The van der Waals surface area contributed by atoms with Crippen molar-refractivity contribution in [2.75, 3.05) is 13.2 Å². The highest BCUT2D eigenvalue weighted by atomic mass is 79.9. The molecule has 2 heterocycles. The van der Waals surface area contributed by atoms with E-state index >= 15 is 0 Å². The summed E-state index contributed by atoms with van der Waals surface area (Å²) in [5.74, 6) is 0.695. The third-order valence-corrected chi connectivity index (χ3v) is 3.56. The first-order valence-corrected chi connectivity index (χ1v) is 7.87. The van der Waals surface area contributed by atoms with E-state index in [4.69, 9.17) is 9.47 Å². The molecule has 0 aliphatic carbocycles. The van der Waals surface area contributed by atoms with Crippen molar-refractivity contribution < 1.29 is 14.3 Å². The highest BCUT2D eigenvalue weighted by Crippen LogP contribution is 2.22. The number of halogens is 1. The lowest BCUT2D eigenvalue weighted by atomic mass is 10.2. The SMILES string of the molecule is CC(C)(C)OC(=O)N1CCCC1COc1cncc(Br)c1. The number of aromatic nitrogens is 1. The van der Waals surface area contributed by atoms with Crippen molar-refractivity contribution in [3.05, 3.63) is 22.9 Å². The first-order chi connectivity index (χ1) is 9.85. The van der Waals surface area contributed by atoms with Crippen LogP contribution in [0, 0.1) is 0 Å². The zero-order valence-corrected chi connectivity index (χ0v) is 14.2. The zero-order valence-electron chi connectivity index (χ0n) is 12.6. The third-order valence-electron chi connectivity index (χ3n) is 3.13. The van der Waals surface area contributed by atoms with Crippen molar-refractivity contribution >= 4 is 22.0 Å². The molecule has 1 aromatic rings. The average molecular weight is 357 g/mol. The molecule has 0 aromatic carbocycles. The summed E-state index contributed by atoms with van der Waals surface area (Å²) in [7, 11) is 0. The van der Waals surface area contributed by atoms with Crippen molar-refractivity contribution in [1.82, 2.24) is 9.88 Å². The minimum Gasteiger partial charge on any atom is -0.490 e. The first-order valence-electron chi connectivity index (χ1n) is 7.08. The van der Waals surface area contributed by atoms with Crippen LogP contribution in [0.3, 0.4) is 0 Å². The smallest absolute Gasteiger partial charge is 0.410 e. The first kappa shape index (κ1) is 16.1. The van der Waals surface area contributed by atoms with Crippen molar-refractivity contribution in [3.8, 4) is 5.75 Å². The van der Waals surface area contributed by atoms with E-state index < -0.39 is 5.60 Å². The lowest BCUT2D eigenvalue weighted by molar-refractivity contribution is 0.0187. The Morgan fingerprint density at radius 2 is 2.24 bits per heavy atom.